The zero-order valence-corrected chi connectivity index (χ0v) is 19.2. The van der Waals surface area contributed by atoms with Crippen molar-refractivity contribution in [1.29, 1.82) is 0 Å². The van der Waals surface area contributed by atoms with Crippen molar-refractivity contribution in [3.63, 3.8) is 0 Å². The first-order valence-electron chi connectivity index (χ1n) is 11.1. The van der Waals surface area contributed by atoms with Crippen LogP contribution in [0.25, 0.3) is 11.0 Å². The zero-order chi connectivity index (χ0) is 22.9. The number of halogens is 1. The molecule has 0 N–H and O–H groups in total. The number of carbonyl (C=O) groups is 1. The first-order chi connectivity index (χ1) is 16.0. The van der Waals surface area contributed by atoms with Crippen molar-refractivity contribution in [1.82, 2.24) is 19.0 Å². The molecule has 8 heteroatoms. The molecule has 5 rings (SSSR count). The summed E-state index contributed by atoms with van der Waals surface area (Å²) in [6.07, 6.45) is 4.19. The largest absolute Gasteiger partial charge is 0.445 e. The smallest absolute Gasteiger partial charge is 0.329 e. The van der Waals surface area contributed by atoms with Gasteiger partial charge in [0.15, 0.2) is 5.89 Å². The first-order valence-corrected chi connectivity index (χ1v) is 11.5. The molecule has 1 saturated heterocycles. The molecule has 1 atom stereocenters. The monoisotopic (exact) mass is 464 g/mol. The topological polar surface area (TPSA) is 73.3 Å². The number of para-hydroxylation sites is 2. The van der Waals surface area contributed by atoms with Crippen LogP contribution in [0.3, 0.4) is 0 Å². The van der Waals surface area contributed by atoms with Gasteiger partial charge in [-0.1, -0.05) is 35.9 Å². The fourth-order valence-electron chi connectivity index (χ4n) is 4.55. The maximum absolute atomic E-state index is 13.1. The zero-order valence-electron chi connectivity index (χ0n) is 18.4. The van der Waals surface area contributed by atoms with E-state index in [1.54, 1.807) is 22.4 Å². The summed E-state index contributed by atoms with van der Waals surface area (Å²) in [6.45, 7) is 1.24. The van der Waals surface area contributed by atoms with E-state index in [0.29, 0.717) is 30.4 Å². The van der Waals surface area contributed by atoms with Crippen molar-refractivity contribution in [2.75, 3.05) is 13.1 Å². The molecule has 0 aliphatic carbocycles. The fourth-order valence-corrected chi connectivity index (χ4v) is 4.68. The van der Waals surface area contributed by atoms with Crippen LogP contribution in [-0.2, 0) is 24.8 Å². The van der Waals surface area contributed by atoms with Crippen LogP contribution < -0.4 is 5.69 Å². The molecule has 3 heterocycles. The van der Waals surface area contributed by atoms with Crippen LogP contribution >= 0.6 is 11.6 Å². The van der Waals surface area contributed by atoms with Crippen molar-refractivity contribution in [3.8, 4) is 0 Å². The minimum atomic E-state index is -0.183. The summed E-state index contributed by atoms with van der Waals surface area (Å²) in [5, 5.41) is 0.703. The van der Waals surface area contributed by atoms with E-state index in [2.05, 4.69) is 4.98 Å². The second kappa shape index (κ2) is 8.90. The number of aryl methyl sites for hydroxylation is 1. The van der Waals surface area contributed by atoms with E-state index >= 15 is 0 Å². The van der Waals surface area contributed by atoms with Crippen LogP contribution in [0, 0.1) is 0 Å². The van der Waals surface area contributed by atoms with Gasteiger partial charge in [-0.2, -0.15) is 0 Å². The number of piperidine rings is 1. The number of likely N-dealkylation sites (tertiary alicyclic amines) is 1. The highest BCUT2D eigenvalue weighted by Gasteiger charge is 2.28. The molecule has 0 saturated carbocycles. The number of nitrogens with zero attached hydrogens (tertiary/aromatic N) is 4. The Morgan fingerprint density at radius 2 is 1.91 bits per heavy atom. The summed E-state index contributed by atoms with van der Waals surface area (Å²) in [4.78, 5) is 32.1. The van der Waals surface area contributed by atoms with Crippen LogP contribution in [0.5, 0.6) is 0 Å². The molecule has 33 heavy (non-hydrogen) atoms. The number of hydrogen-bond acceptors (Lipinski definition) is 4. The van der Waals surface area contributed by atoms with Gasteiger partial charge in [0.2, 0.25) is 5.91 Å². The predicted molar refractivity (Wildman–Crippen MR) is 126 cm³/mol. The summed E-state index contributed by atoms with van der Waals surface area (Å²) in [5.41, 5.74) is 2.51. The molecule has 4 aromatic rings. The normalized spacial score (nSPS) is 16.4. The Balaban J connectivity index is 1.28. The summed E-state index contributed by atoms with van der Waals surface area (Å²) in [5.74, 6) is 1.44. The van der Waals surface area contributed by atoms with Crippen molar-refractivity contribution >= 4 is 28.5 Å². The van der Waals surface area contributed by atoms with E-state index < -0.39 is 0 Å². The van der Waals surface area contributed by atoms with Crippen molar-refractivity contribution in [2.24, 2.45) is 7.05 Å². The summed E-state index contributed by atoms with van der Waals surface area (Å²) >= 11 is 5.96. The molecule has 7 nitrogen and oxygen atoms in total. The summed E-state index contributed by atoms with van der Waals surface area (Å²) < 4.78 is 9.18. The van der Waals surface area contributed by atoms with Gasteiger partial charge in [-0.3, -0.25) is 13.9 Å². The molecule has 2 aromatic heterocycles. The molecule has 1 aliphatic rings. The number of rotatable bonds is 5. The Morgan fingerprint density at radius 1 is 1.15 bits per heavy atom. The Hall–Kier alpha value is -3.32. The lowest BCUT2D eigenvalue weighted by Gasteiger charge is -2.31. The highest BCUT2D eigenvalue weighted by Crippen LogP contribution is 2.27. The molecule has 1 amide bonds. The van der Waals surface area contributed by atoms with E-state index in [1.807, 2.05) is 53.4 Å². The van der Waals surface area contributed by atoms with E-state index in [1.165, 1.54) is 0 Å². The third kappa shape index (κ3) is 4.33. The number of benzene rings is 2. The van der Waals surface area contributed by atoms with Crippen LogP contribution in [-0.4, -0.2) is 38.0 Å². The number of amides is 1. The third-order valence-electron chi connectivity index (χ3n) is 6.33. The molecule has 0 radical (unpaired) electrons. The van der Waals surface area contributed by atoms with Gasteiger partial charge in [0.25, 0.3) is 0 Å². The van der Waals surface area contributed by atoms with E-state index in [-0.39, 0.29) is 24.1 Å². The fraction of sp³-hybridized carbons (Fsp3) is 0.320. The molecule has 0 spiro atoms. The van der Waals surface area contributed by atoms with Crippen LogP contribution in [0.15, 0.2) is 63.9 Å². The van der Waals surface area contributed by atoms with Gasteiger partial charge >= 0.3 is 5.69 Å². The molecule has 0 unspecified atom stereocenters. The molecule has 1 aliphatic heterocycles. The lowest BCUT2D eigenvalue weighted by molar-refractivity contribution is -0.133. The van der Waals surface area contributed by atoms with Gasteiger partial charge in [0.1, 0.15) is 12.3 Å². The maximum Gasteiger partial charge on any atom is 0.329 e. The van der Waals surface area contributed by atoms with E-state index in [0.717, 1.165) is 35.2 Å². The highest BCUT2D eigenvalue weighted by molar-refractivity contribution is 6.30. The lowest BCUT2D eigenvalue weighted by atomic mass is 9.98. The number of hydrogen-bond donors (Lipinski definition) is 0. The summed E-state index contributed by atoms with van der Waals surface area (Å²) in [7, 11) is 1.73. The average molecular weight is 465 g/mol. The van der Waals surface area contributed by atoms with Gasteiger partial charge in [0.05, 0.1) is 23.1 Å². The number of oxazole rings is 1. The number of fused-ring (bicyclic) bond motifs is 1. The van der Waals surface area contributed by atoms with Crippen LogP contribution in [0.4, 0.5) is 0 Å². The predicted octanol–water partition coefficient (Wildman–Crippen LogP) is 3.98. The Kier molecular flexibility index (Phi) is 5.81. The molecule has 0 bridgehead atoms. The minimum Gasteiger partial charge on any atom is -0.445 e. The van der Waals surface area contributed by atoms with Gasteiger partial charge in [-0.15, -0.1) is 0 Å². The molecule has 1 fully saturated rings. The SMILES string of the molecule is Cn1c(=O)n(CC(=O)N2CCC[C@H](c3ncc(Cc4ccc(Cl)cc4)o3)C2)c2ccccc21. The summed E-state index contributed by atoms with van der Waals surface area (Å²) in [6, 6.07) is 15.2. The molecule has 2 aromatic carbocycles. The van der Waals surface area contributed by atoms with Gasteiger partial charge in [-0.25, -0.2) is 9.78 Å². The van der Waals surface area contributed by atoms with Crippen LogP contribution in [0.1, 0.15) is 36.0 Å². The molecule has 170 valence electrons. The Bertz CT molecular complexity index is 1350. The lowest BCUT2D eigenvalue weighted by Crippen LogP contribution is -2.42. The molecular weight excluding hydrogens is 440 g/mol. The van der Waals surface area contributed by atoms with Crippen molar-refractivity contribution in [3.05, 3.63) is 87.4 Å². The van der Waals surface area contributed by atoms with E-state index in [4.69, 9.17) is 16.0 Å². The highest BCUT2D eigenvalue weighted by atomic mass is 35.5. The number of aromatic nitrogens is 3. The van der Waals surface area contributed by atoms with Crippen molar-refractivity contribution in [2.45, 2.75) is 31.7 Å². The number of carbonyl (C=O) groups excluding carboxylic acids is 1. The first kappa shape index (κ1) is 21.5. The Labute approximate surface area is 196 Å². The Morgan fingerprint density at radius 3 is 2.70 bits per heavy atom. The van der Waals surface area contributed by atoms with Crippen LogP contribution in [0.2, 0.25) is 5.02 Å². The second-order valence-corrected chi connectivity index (χ2v) is 9.00. The van der Waals surface area contributed by atoms with Gasteiger partial charge < -0.3 is 9.32 Å². The third-order valence-corrected chi connectivity index (χ3v) is 6.58. The standard InChI is InChI=1S/C25H25ClN4O3/c1-28-21-6-2-3-7-22(21)30(25(28)32)16-23(31)29-12-4-5-18(15-29)24-27-14-20(33-24)13-17-8-10-19(26)11-9-17/h2-3,6-11,14,18H,4-5,12-13,15-16H2,1H3/t18-/m0/s1. The van der Waals surface area contributed by atoms with E-state index in [9.17, 15) is 9.59 Å². The quantitative estimate of drug-likeness (QED) is 0.448. The molecular formula is C25H25ClN4O3. The average Bonchev–Trinajstić information content (AvgIpc) is 3.40. The maximum atomic E-state index is 13.1. The van der Waals surface area contributed by atoms with Gasteiger partial charge in [-0.05, 0) is 42.7 Å². The number of imidazole rings is 1. The van der Waals surface area contributed by atoms with Crippen molar-refractivity contribution < 1.29 is 9.21 Å². The van der Waals surface area contributed by atoms with Gasteiger partial charge in [0, 0.05) is 31.6 Å². The minimum absolute atomic E-state index is 0.0281. The second-order valence-electron chi connectivity index (χ2n) is 8.56.